The number of hydrogen-bond donors (Lipinski definition) is 1. The van der Waals surface area contributed by atoms with Crippen molar-refractivity contribution in [3.05, 3.63) is 89.4 Å². The monoisotopic (exact) mass is 417 g/mol. The second-order valence-electron chi connectivity index (χ2n) is 7.67. The molecule has 0 fully saturated rings. The molecule has 0 spiro atoms. The summed E-state index contributed by atoms with van der Waals surface area (Å²) >= 11 is 0. The number of carbonyl (C=O) groups is 3. The molecule has 2 heterocycles. The molecule has 4 rings (SSSR count). The second-order valence-corrected chi connectivity index (χ2v) is 7.67. The Morgan fingerprint density at radius 3 is 2.48 bits per heavy atom. The Morgan fingerprint density at radius 1 is 1.00 bits per heavy atom. The van der Waals surface area contributed by atoms with Crippen molar-refractivity contribution >= 4 is 23.4 Å². The van der Waals surface area contributed by atoms with Crippen LogP contribution in [0.5, 0.6) is 0 Å². The van der Waals surface area contributed by atoms with Crippen LogP contribution in [0.4, 0.5) is 5.69 Å². The molecule has 1 aliphatic rings. The maximum absolute atomic E-state index is 13.2. The first kappa shape index (κ1) is 20.4. The Hall–Kier alpha value is -3.87. The number of amides is 3. The summed E-state index contributed by atoms with van der Waals surface area (Å²) in [6, 6.07) is 17.1. The van der Waals surface area contributed by atoms with Crippen molar-refractivity contribution in [3.63, 3.8) is 0 Å². The van der Waals surface area contributed by atoms with Crippen LogP contribution in [-0.2, 0) is 17.8 Å². The summed E-state index contributed by atoms with van der Waals surface area (Å²) in [5, 5.41) is 2.87. The summed E-state index contributed by atoms with van der Waals surface area (Å²) in [6.45, 7) is 0.312. The fourth-order valence-corrected chi connectivity index (χ4v) is 3.73. The summed E-state index contributed by atoms with van der Waals surface area (Å²) in [7, 11) is 3.34. The van der Waals surface area contributed by atoms with E-state index in [1.165, 1.54) is 16.1 Å². The van der Waals surface area contributed by atoms with Gasteiger partial charge in [-0.1, -0.05) is 30.3 Å². The summed E-state index contributed by atoms with van der Waals surface area (Å²) in [5.41, 5.74) is 3.01. The molecule has 3 amide bonds. The highest BCUT2D eigenvalue weighted by Crippen LogP contribution is 2.26. The molecule has 1 aromatic heterocycles. The molecule has 2 aromatic carbocycles. The van der Waals surface area contributed by atoms with Gasteiger partial charge >= 0.3 is 0 Å². The minimum atomic E-state index is -0.708. The van der Waals surface area contributed by atoms with Gasteiger partial charge in [-0.25, -0.2) is 0 Å². The molecule has 158 valence electrons. The molecular weight excluding hydrogens is 394 g/mol. The zero-order chi connectivity index (χ0) is 22.0. The Labute approximate surface area is 180 Å². The molecule has 0 radical (unpaired) electrons. The van der Waals surface area contributed by atoms with Crippen molar-refractivity contribution in [2.24, 2.45) is 0 Å². The predicted octanol–water partition coefficient (Wildman–Crippen LogP) is 3.19. The van der Waals surface area contributed by atoms with Crippen LogP contribution in [-0.4, -0.2) is 47.7 Å². The quantitative estimate of drug-likeness (QED) is 0.707. The molecule has 7 nitrogen and oxygen atoms in total. The first-order chi connectivity index (χ1) is 14.9. The zero-order valence-electron chi connectivity index (χ0n) is 17.4. The van der Waals surface area contributed by atoms with E-state index >= 15 is 0 Å². The number of benzene rings is 2. The second kappa shape index (κ2) is 8.47. The van der Waals surface area contributed by atoms with Gasteiger partial charge in [0.15, 0.2) is 5.76 Å². The summed E-state index contributed by atoms with van der Waals surface area (Å²) < 4.78 is 5.28. The van der Waals surface area contributed by atoms with Gasteiger partial charge < -0.3 is 19.5 Å². The van der Waals surface area contributed by atoms with E-state index < -0.39 is 6.04 Å². The van der Waals surface area contributed by atoms with E-state index in [9.17, 15) is 14.4 Å². The van der Waals surface area contributed by atoms with Gasteiger partial charge in [0.2, 0.25) is 5.91 Å². The number of hydrogen-bond acceptors (Lipinski definition) is 4. The molecule has 31 heavy (non-hydrogen) atoms. The lowest BCUT2D eigenvalue weighted by molar-refractivity contribution is -0.121. The SMILES string of the molecule is CN(C)C(=O)c1cccc(NC(=O)C2Cc3ccccc3CN2C(=O)c2ccco2)c1. The van der Waals surface area contributed by atoms with Gasteiger partial charge in [-0.2, -0.15) is 0 Å². The maximum atomic E-state index is 13.2. The Bertz CT molecular complexity index is 1120. The fraction of sp³-hybridized carbons (Fsp3) is 0.208. The predicted molar refractivity (Wildman–Crippen MR) is 116 cm³/mol. The Balaban J connectivity index is 1.61. The average Bonchev–Trinajstić information content (AvgIpc) is 3.32. The summed E-state index contributed by atoms with van der Waals surface area (Å²) in [6.07, 6.45) is 1.83. The molecule has 7 heteroatoms. The van der Waals surface area contributed by atoms with Crippen LogP contribution < -0.4 is 5.32 Å². The van der Waals surface area contributed by atoms with Crippen LogP contribution in [0.15, 0.2) is 71.3 Å². The maximum Gasteiger partial charge on any atom is 0.290 e. The molecular formula is C24H23N3O4. The minimum absolute atomic E-state index is 0.155. The van der Waals surface area contributed by atoms with Crippen LogP contribution >= 0.6 is 0 Å². The molecule has 3 aromatic rings. The van der Waals surface area contributed by atoms with Gasteiger partial charge in [0, 0.05) is 38.3 Å². The van der Waals surface area contributed by atoms with Gasteiger partial charge in [-0.05, 0) is 41.5 Å². The standard InChI is InChI=1S/C24H23N3O4/c1-26(2)23(29)17-9-5-10-19(13-17)25-22(28)20-14-16-7-3-4-8-18(16)15-27(20)24(30)21-11-6-12-31-21/h3-13,20H,14-15H2,1-2H3,(H,25,28). The number of nitrogens with one attached hydrogen (secondary N) is 1. The largest absolute Gasteiger partial charge is 0.459 e. The van der Waals surface area contributed by atoms with E-state index in [-0.39, 0.29) is 23.5 Å². The molecule has 1 N–H and O–H groups in total. The molecule has 0 bridgehead atoms. The third-order valence-corrected chi connectivity index (χ3v) is 5.33. The van der Waals surface area contributed by atoms with Crippen LogP contribution in [0.3, 0.4) is 0 Å². The molecule has 0 aliphatic carbocycles. The molecule has 0 saturated heterocycles. The lowest BCUT2D eigenvalue weighted by Crippen LogP contribution is -2.50. The highest BCUT2D eigenvalue weighted by atomic mass is 16.3. The molecule has 1 atom stereocenters. The van der Waals surface area contributed by atoms with Gasteiger partial charge in [0.05, 0.1) is 6.26 Å². The van der Waals surface area contributed by atoms with Gasteiger partial charge in [0.1, 0.15) is 6.04 Å². The smallest absolute Gasteiger partial charge is 0.290 e. The highest BCUT2D eigenvalue weighted by molar-refractivity contribution is 6.01. The molecule has 1 unspecified atom stereocenters. The van der Waals surface area contributed by atoms with Gasteiger partial charge in [0.25, 0.3) is 11.8 Å². The first-order valence-corrected chi connectivity index (χ1v) is 9.98. The van der Waals surface area contributed by atoms with Crippen molar-refractivity contribution < 1.29 is 18.8 Å². The van der Waals surface area contributed by atoms with E-state index in [0.717, 1.165) is 11.1 Å². The topological polar surface area (TPSA) is 82.9 Å². The van der Waals surface area contributed by atoms with Crippen LogP contribution in [0.2, 0.25) is 0 Å². The van der Waals surface area contributed by atoms with E-state index in [1.54, 1.807) is 50.5 Å². The minimum Gasteiger partial charge on any atom is -0.459 e. The van der Waals surface area contributed by atoms with Crippen molar-refractivity contribution in [1.29, 1.82) is 0 Å². The van der Waals surface area contributed by atoms with E-state index in [4.69, 9.17) is 4.42 Å². The number of rotatable bonds is 4. The molecule has 0 saturated carbocycles. The van der Waals surface area contributed by atoms with Crippen molar-refractivity contribution in [2.45, 2.75) is 19.0 Å². The van der Waals surface area contributed by atoms with Gasteiger partial charge in [-0.3, -0.25) is 14.4 Å². The Kier molecular flexibility index (Phi) is 5.58. The average molecular weight is 417 g/mol. The zero-order valence-corrected chi connectivity index (χ0v) is 17.4. The van der Waals surface area contributed by atoms with E-state index in [2.05, 4.69) is 5.32 Å². The van der Waals surface area contributed by atoms with Crippen molar-refractivity contribution in [1.82, 2.24) is 9.80 Å². The fourth-order valence-electron chi connectivity index (χ4n) is 3.73. The Morgan fingerprint density at radius 2 is 1.77 bits per heavy atom. The van der Waals surface area contributed by atoms with Gasteiger partial charge in [-0.15, -0.1) is 0 Å². The molecule has 1 aliphatic heterocycles. The van der Waals surface area contributed by atoms with Crippen LogP contribution in [0, 0.1) is 0 Å². The van der Waals surface area contributed by atoms with E-state index in [1.807, 2.05) is 24.3 Å². The lowest BCUT2D eigenvalue weighted by atomic mass is 9.93. The number of nitrogens with zero attached hydrogens (tertiary/aromatic N) is 2. The number of anilines is 1. The lowest BCUT2D eigenvalue weighted by Gasteiger charge is -2.35. The first-order valence-electron chi connectivity index (χ1n) is 9.98. The number of carbonyl (C=O) groups excluding carboxylic acids is 3. The van der Waals surface area contributed by atoms with Crippen molar-refractivity contribution in [3.8, 4) is 0 Å². The third-order valence-electron chi connectivity index (χ3n) is 5.33. The van der Waals surface area contributed by atoms with Crippen LogP contribution in [0.25, 0.3) is 0 Å². The summed E-state index contributed by atoms with van der Waals surface area (Å²) in [4.78, 5) is 41.6. The van der Waals surface area contributed by atoms with E-state index in [0.29, 0.717) is 24.2 Å². The normalized spacial score (nSPS) is 15.2. The summed E-state index contributed by atoms with van der Waals surface area (Å²) in [5.74, 6) is -0.617. The number of fused-ring (bicyclic) bond motifs is 1. The number of furan rings is 1. The van der Waals surface area contributed by atoms with Crippen LogP contribution in [0.1, 0.15) is 32.0 Å². The highest BCUT2D eigenvalue weighted by Gasteiger charge is 2.36. The third kappa shape index (κ3) is 4.21. The van der Waals surface area contributed by atoms with Crippen molar-refractivity contribution in [2.75, 3.05) is 19.4 Å².